The summed E-state index contributed by atoms with van der Waals surface area (Å²) in [6.45, 7) is 5.48. The molecule has 0 aliphatic carbocycles. The second-order valence-corrected chi connectivity index (χ2v) is 3.57. The molecule has 0 N–H and O–H groups in total. The third-order valence-corrected chi connectivity index (χ3v) is 2.08. The van der Waals surface area contributed by atoms with Gasteiger partial charge in [-0.3, -0.25) is 0 Å². The second kappa shape index (κ2) is 9.37. The van der Waals surface area contributed by atoms with Crippen LogP contribution in [0.25, 0.3) is 0 Å². The van der Waals surface area contributed by atoms with Crippen LogP contribution in [0.1, 0.15) is 45.4 Å². The largest absolute Gasteiger partial charge is 0.595 e. The third-order valence-electron chi connectivity index (χ3n) is 2.08. The molecule has 0 spiro atoms. The van der Waals surface area contributed by atoms with Crippen LogP contribution in [-0.2, 0) is 4.79 Å². The SMILES string of the molecule is C=C[N+]([O-])=NCCCCCCCC(C)=O. The number of carbonyl (C=O) groups excluding carboxylic acids is 1. The van der Waals surface area contributed by atoms with Gasteiger partial charge in [-0.2, -0.15) is 0 Å². The van der Waals surface area contributed by atoms with Gasteiger partial charge in [0.25, 0.3) is 0 Å². The first-order chi connectivity index (χ1) is 7.16. The number of rotatable bonds is 9. The van der Waals surface area contributed by atoms with Crippen LogP contribution in [0.15, 0.2) is 17.9 Å². The van der Waals surface area contributed by atoms with E-state index in [0.29, 0.717) is 17.8 Å². The van der Waals surface area contributed by atoms with Crippen molar-refractivity contribution in [1.82, 2.24) is 0 Å². The highest BCUT2D eigenvalue weighted by molar-refractivity contribution is 5.75. The number of hydrogen-bond acceptors (Lipinski definition) is 3. The lowest BCUT2D eigenvalue weighted by atomic mass is 10.1. The highest BCUT2D eigenvalue weighted by Gasteiger charge is 1.94. The van der Waals surface area contributed by atoms with Gasteiger partial charge in [0.1, 0.15) is 12.3 Å². The van der Waals surface area contributed by atoms with E-state index >= 15 is 0 Å². The summed E-state index contributed by atoms with van der Waals surface area (Å²) in [5.41, 5.74) is 0. The van der Waals surface area contributed by atoms with Crippen molar-refractivity contribution in [2.75, 3.05) is 6.54 Å². The van der Waals surface area contributed by atoms with Gasteiger partial charge < -0.3 is 10.0 Å². The molecular formula is C11H20N2O2. The third kappa shape index (κ3) is 10.7. The first-order valence-electron chi connectivity index (χ1n) is 5.42. The van der Waals surface area contributed by atoms with Crippen LogP contribution in [-0.4, -0.2) is 17.2 Å². The topological polar surface area (TPSA) is 55.5 Å². The number of azo groups is 1. The van der Waals surface area contributed by atoms with Crippen molar-refractivity contribution in [3.63, 3.8) is 0 Å². The van der Waals surface area contributed by atoms with Gasteiger partial charge in [0.15, 0.2) is 0 Å². The maximum atomic E-state index is 10.6. The molecule has 0 aromatic rings. The van der Waals surface area contributed by atoms with E-state index in [2.05, 4.69) is 11.7 Å². The highest BCUT2D eigenvalue weighted by atomic mass is 16.5. The Morgan fingerprint density at radius 2 is 1.93 bits per heavy atom. The number of ketones is 1. The van der Waals surface area contributed by atoms with Crippen molar-refractivity contribution in [1.29, 1.82) is 0 Å². The van der Waals surface area contributed by atoms with Gasteiger partial charge in [-0.1, -0.05) is 24.1 Å². The van der Waals surface area contributed by atoms with Crippen molar-refractivity contribution in [2.45, 2.75) is 45.4 Å². The van der Waals surface area contributed by atoms with E-state index in [-0.39, 0.29) is 5.78 Å². The molecular weight excluding hydrogens is 192 g/mol. The summed E-state index contributed by atoms with van der Waals surface area (Å²) in [5.74, 6) is 0.262. The maximum Gasteiger partial charge on any atom is 0.202 e. The number of hydrogen-bond donors (Lipinski definition) is 0. The zero-order valence-electron chi connectivity index (χ0n) is 9.45. The minimum atomic E-state index is 0.262. The van der Waals surface area contributed by atoms with Crippen molar-refractivity contribution < 1.29 is 9.66 Å². The molecule has 0 rings (SSSR count). The Morgan fingerprint density at radius 1 is 1.33 bits per heavy atom. The van der Waals surface area contributed by atoms with Crippen LogP contribution in [0, 0.1) is 5.21 Å². The Hall–Kier alpha value is -1.19. The Balaban J connectivity index is 3.18. The molecule has 4 heteroatoms. The van der Waals surface area contributed by atoms with Gasteiger partial charge in [-0.15, -0.1) is 0 Å². The smallest absolute Gasteiger partial charge is 0.202 e. The first kappa shape index (κ1) is 13.8. The molecule has 0 saturated carbocycles. The summed E-state index contributed by atoms with van der Waals surface area (Å²) in [7, 11) is 0. The molecule has 0 aliphatic rings. The minimum Gasteiger partial charge on any atom is -0.595 e. The Labute approximate surface area is 91.3 Å². The number of nitrogens with zero attached hydrogens (tertiary/aromatic N) is 2. The van der Waals surface area contributed by atoms with Crippen LogP contribution in [0.2, 0.25) is 0 Å². The first-order valence-corrected chi connectivity index (χ1v) is 5.42. The fourth-order valence-corrected chi connectivity index (χ4v) is 1.24. The van der Waals surface area contributed by atoms with E-state index < -0.39 is 0 Å². The normalized spacial score (nSPS) is 11.4. The Kier molecular flexibility index (Phi) is 8.63. The van der Waals surface area contributed by atoms with Gasteiger partial charge >= 0.3 is 0 Å². The summed E-state index contributed by atoms with van der Waals surface area (Å²) < 4.78 is 0. The predicted molar refractivity (Wildman–Crippen MR) is 59.5 cm³/mol. The molecule has 15 heavy (non-hydrogen) atoms. The summed E-state index contributed by atoms with van der Waals surface area (Å²) in [6.07, 6.45) is 6.99. The molecule has 0 unspecified atom stereocenters. The van der Waals surface area contributed by atoms with E-state index in [1.807, 2.05) is 0 Å². The van der Waals surface area contributed by atoms with Crippen molar-refractivity contribution >= 4 is 5.78 Å². The summed E-state index contributed by atoms with van der Waals surface area (Å²) in [5, 5.41) is 14.3. The molecule has 0 aliphatic heterocycles. The Morgan fingerprint density at radius 3 is 2.53 bits per heavy atom. The molecule has 0 atom stereocenters. The second-order valence-electron chi connectivity index (χ2n) is 3.57. The zero-order valence-corrected chi connectivity index (χ0v) is 9.45. The average molecular weight is 212 g/mol. The quantitative estimate of drug-likeness (QED) is 0.255. The fraction of sp³-hybridized carbons (Fsp3) is 0.727. The molecule has 0 amide bonds. The van der Waals surface area contributed by atoms with Crippen LogP contribution in [0.3, 0.4) is 0 Å². The van der Waals surface area contributed by atoms with E-state index in [1.54, 1.807) is 6.92 Å². The van der Waals surface area contributed by atoms with Crippen molar-refractivity contribution in [3.05, 3.63) is 18.0 Å². The predicted octanol–water partition coefficient (Wildman–Crippen LogP) is 3.02. The van der Waals surface area contributed by atoms with E-state index in [1.165, 1.54) is 0 Å². The minimum absolute atomic E-state index is 0.262. The highest BCUT2D eigenvalue weighted by Crippen LogP contribution is 2.05. The fourth-order valence-electron chi connectivity index (χ4n) is 1.24. The molecule has 0 heterocycles. The summed E-state index contributed by atoms with van der Waals surface area (Å²) in [4.78, 5) is 11.1. The summed E-state index contributed by atoms with van der Waals surface area (Å²) in [6, 6.07) is 0. The van der Waals surface area contributed by atoms with Gasteiger partial charge in [0, 0.05) is 6.42 Å². The lowest BCUT2D eigenvalue weighted by molar-refractivity contribution is -0.458. The molecule has 0 radical (unpaired) electrons. The van der Waals surface area contributed by atoms with Crippen LogP contribution < -0.4 is 0 Å². The molecule has 0 bridgehead atoms. The number of hydroxylamine groups is 1. The van der Waals surface area contributed by atoms with Crippen LogP contribution in [0.4, 0.5) is 0 Å². The molecule has 0 aromatic heterocycles. The number of unbranched alkanes of at least 4 members (excludes halogenated alkanes) is 4. The average Bonchev–Trinajstić information content (AvgIpc) is 2.21. The van der Waals surface area contributed by atoms with Crippen molar-refractivity contribution in [2.24, 2.45) is 5.11 Å². The zero-order chi connectivity index (χ0) is 11.5. The molecule has 0 fully saturated rings. The van der Waals surface area contributed by atoms with Gasteiger partial charge in [0.05, 0.1) is 0 Å². The number of Topliss-reactive ketones (excluding diaryl/α,β-unsaturated/α-hetero) is 1. The molecule has 4 nitrogen and oxygen atoms in total. The number of carbonyl (C=O) groups is 1. The molecule has 0 saturated heterocycles. The van der Waals surface area contributed by atoms with E-state index in [4.69, 9.17) is 0 Å². The van der Waals surface area contributed by atoms with E-state index in [0.717, 1.165) is 38.3 Å². The van der Waals surface area contributed by atoms with Crippen LogP contribution in [0.5, 0.6) is 0 Å². The maximum absolute atomic E-state index is 10.6. The molecule has 0 aromatic carbocycles. The summed E-state index contributed by atoms with van der Waals surface area (Å²) >= 11 is 0. The van der Waals surface area contributed by atoms with Crippen LogP contribution >= 0.6 is 0 Å². The van der Waals surface area contributed by atoms with Gasteiger partial charge in [0.2, 0.25) is 6.20 Å². The Bertz CT molecular complexity index is 225. The van der Waals surface area contributed by atoms with Crippen molar-refractivity contribution in [3.8, 4) is 0 Å². The molecule has 86 valence electrons. The van der Waals surface area contributed by atoms with Gasteiger partial charge in [-0.25, -0.2) is 0 Å². The lowest BCUT2D eigenvalue weighted by Gasteiger charge is -1.98. The monoisotopic (exact) mass is 212 g/mol. The standard InChI is InChI=1S/C11H20N2O2/c1-3-13(15)12-10-8-6-4-5-7-9-11(2)14/h3H,1,4-10H2,2H3. The lowest BCUT2D eigenvalue weighted by Crippen LogP contribution is -1.92. The van der Waals surface area contributed by atoms with Gasteiger partial charge in [-0.05, 0) is 31.5 Å². The van der Waals surface area contributed by atoms with E-state index in [9.17, 15) is 10.0 Å².